The van der Waals surface area contributed by atoms with Crippen molar-refractivity contribution in [1.82, 2.24) is 4.90 Å². The van der Waals surface area contributed by atoms with Gasteiger partial charge in [-0.05, 0) is 68.1 Å². The van der Waals surface area contributed by atoms with Gasteiger partial charge >= 0.3 is 0 Å². The highest BCUT2D eigenvalue weighted by atomic mass is 32.2. The molecule has 0 amide bonds. The van der Waals surface area contributed by atoms with Crippen molar-refractivity contribution < 1.29 is 14.6 Å². The number of methoxy groups -OCH3 is 1. The van der Waals surface area contributed by atoms with Crippen molar-refractivity contribution in [2.75, 3.05) is 20.2 Å². The molecule has 3 aliphatic rings. The highest BCUT2D eigenvalue weighted by Gasteiger charge is 2.52. The molecule has 0 spiro atoms. The summed E-state index contributed by atoms with van der Waals surface area (Å²) in [5.74, 6) is 0.895. The molecule has 4 atom stereocenters. The zero-order valence-electron chi connectivity index (χ0n) is 15.7. The third kappa shape index (κ3) is 3.31. The topological polar surface area (TPSA) is 41.9 Å². The number of hydrogen-bond donors (Lipinski definition) is 1. The quantitative estimate of drug-likeness (QED) is 0.810. The van der Waals surface area contributed by atoms with Gasteiger partial charge in [0.2, 0.25) is 0 Å². The molecule has 1 N–H and O–H groups in total. The van der Waals surface area contributed by atoms with E-state index in [1.165, 1.54) is 23.3 Å². The van der Waals surface area contributed by atoms with Gasteiger partial charge in [-0.15, -0.1) is 11.8 Å². The number of nitrogens with zero attached hydrogens (tertiary/aromatic N) is 1. The van der Waals surface area contributed by atoms with Gasteiger partial charge in [-0.3, -0.25) is 4.90 Å². The summed E-state index contributed by atoms with van der Waals surface area (Å²) in [5.41, 5.74) is 1.02. The largest absolute Gasteiger partial charge is 0.497 e. The monoisotopic (exact) mass is 375 g/mol. The summed E-state index contributed by atoms with van der Waals surface area (Å²) in [6.07, 6.45) is 6.81. The van der Waals surface area contributed by atoms with Crippen LogP contribution in [0.25, 0.3) is 0 Å². The third-order valence-electron chi connectivity index (χ3n) is 6.14. The van der Waals surface area contributed by atoms with Gasteiger partial charge in [-0.2, -0.15) is 0 Å². The van der Waals surface area contributed by atoms with Gasteiger partial charge in [0.1, 0.15) is 11.4 Å². The lowest BCUT2D eigenvalue weighted by Crippen LogP contribution is -2.55. The Morgan fingerprint density at radius 2 is 2.12 bits per heavy atom. The molecule has 2 unspecified atom stereocenters. The van der Waals surface area contributed by atoms with Crippen LogP contribution < -0.4 is 4.74 Å². The maximum absolute atomic E-state index is 10.2. The van der Waals surface area contributed by atoms with Gasteiger partial charge in [-0.25, -0.2) is 0 Å². The van der Waals surface area contributed by atoms with Gasteiger partial charge in [0.05, 0.1) is 7.11 Å². The van der Waals surface area contributed by atoms with Crippen molar-refractivity contribution >= 4 is 11.8 Å². The number of aliphatic hydroxyl groups excluding tert-OH is 1. The van der Waals surface area contributed by atoms with Gasteiger partial charge in [0.25, 0.3) is 0 Å². The van der Waals surface area contributed by atoms with Crippen LogP contribution in [0.5, 0.6) is 5.75 Å². The van der Waals surface area contributed by atoms with E-state index in [0.717, 1.165) is 38.1 Å². The molecule has 2 saturated heterocycles. The number of benzene rings is 1. The van der Waals surface area contributed by atoms with Crippen LogP contribution in [0.3, 0.4) is 0 Å². The smallest absolute Gasteiger partial charge is 0.175 e. The fraction of sp³-hybridized carbons (Fsp3) is 0.619. The Balaban J connectivity index is 1.60. The minimum Gasteiger partial charge on any atom is -0.497 e. The molecule has 0 saturated carbocycles. The van der Waals surface area contributed by atoms with Crippen LogP contribution in [0, 0.1) is 0 Å². The minimum atomic E-state index is -0.751. The second-order valence-electron chi connectivity index (χ2n) is 7.57. The van der Waals surface area contributed by atoms with E-state index in [1.807, 2.05) is 30.0 Å². The fourth-order valence-electron chi connectivity index (χ4n) is 4.95. The molecule has 3 heterocycles. The molecule has 0 bridgehead atoms. The van der Waals surface area contributed by atoms with Crippen molar-refractivity contribution in [3.8, 4) is 5.75 Å². The lowest BCUT2D eigenvalue weighted by atomic mass is 9.79. The second kappa shape index (κ2) is 7.55. The summed E-state index contributed by atoms with van der Waals surface area (Å²) in [7, 11) is 1.70. The first-order valence-electron chi connectivity index (χ1n) is 9.76. The Kier molecular flexibility index (Phi) is 5.33. The Morgan fingerprint density at radius 3 is 2.85 bits per heavy atom. The zero-order valence-corrected chi connectivity index (χ0v) is 16.5. The van der Waals surface area contributed by atoms with Crippen molar-refractivity contribution in [3.63, 3.8) is 0 Å². The number of hydrogen-bond acceptors (Lipinski definition) is 5. The van der Waals surface area contributed by atoms with Gasteiger partial charge < -0.3 is 14.6 Å². The molecule has 5 heteroatoms. The molecule has 4 nitrogen and oxygen atoms in total. The van der Waals surface area contributed by atoms with E-state index < -0.39 is 6.29 Å². The number of aliphatic hydroxyl groups is 1. The predicted octanol–water partition coefficient (Wildman–Crippen LogP) is 3.84. The van der Waals surface area contributed by atoms with Crippen molar-refractivity contribution in [3.05, 3.63) is 35.9 Å². The molecule has 1 aromatic rings. The van der Waals surface area contributed by atoms with Crippen LogP contribution >= 0.6 is 11.8 Å². The summed E-state index contributed by atoms with van der Waals surface area (Å²) in [6, 6.07) is 8.74. The highest BCUT2D eigenvalue weighted by Crippen LogP contribution is 2.47. The molecular formula is C21H29NO3S. The molecular weight excluding hydrogens is 346 g/mol. The van der Waals surface area contributed by atoms with Crippen LogP contribution in [0.15, 0.2) is 40.8 Å². The van der Waals surface area contributed by atoms with Gasteiger partial charge in [0, 0.05) is 22.7 Å². The lowest BCUT2D eigenvalue weighted by molar-refractivity contribution is -0.158. The first-order valence-corrected chi connectivity index (χ1v) is 10.6. The normalized spacial score (nSPS) is 34.6. The maximum atomic E-state index is 10.2. The lowest BCUT2D eigenvalue weighted by Gasteiger charge is -2.45. The summed E-state index contributed by atoms with van der Waals surface area (Å²) in [6.45, 7) is 4.42. The standard InChI is InChI=1S/C21H29NO3S/c1-3-21-15(13-20(23)25-21)12-18(14-22-11-5-4-6-19(21)22)26-17-9-7-16(24-2)8-10-17/h7-10,13,18-20,23H,3-6,11-12,14H2,1-2H3/t18?,19-,20?,21+/m1/s1. The fourth-order valence-corrected chi connectivity index (χ4v) is 6.16. The third-order valence-corrected chi connectivity index (χ3v) is 7.34. The Labute approximate surface area is 160 Å². The molecule has 4 rings (SSSR count). The molecule has 142 valence electrons. The van der Waals surface area contributed by atoms with Crippen LogP contribution in [-0.4, -0.2) is 53.4 Å². The van der Waals surface area contributed by atoms with E-state index in [-0.39, 0.29) is 5.60 Å². The molecule has 1 aromatic carbocycles. The average Bonchev–Trinajstić information content (AvgIpc) is 2.92. The number of rotatable bonds is 4. The summed E-state index contributed by atoms with van der Waals surface area (Å²) >= 11 is 1.94. The molecule has 2 fully saturated rings. The van der Waals surface area contributed by atoms with Crippen molar-refractivity contribution in [1.29, 1.82) is 0 Å². The van der Waals surface area contributed by atoms with Crippen LogP contribution in [0.2, 0.25) is 0 Å². The van der Waals surface area contributed by atoms with E-state index in [2.05, 4.69) is 24.0 Å². The van der Waals surface area contributed by atoms with Crippen LogP contribution in [0.1, 0.15) is 39.0 Å². The molecule has 3 aliphatic heterocycles. The van der Waals surface area contributed by atoms with Gasteiger partial charge in [-0.1, -0.05) is 13.3 Å². The van der Waals surface area contributed by atoms with E-state index >= 15 is 0 Å². The molecule has 0 aromatic heterocycles. The average molecular weight is 376 g/mol. The minimum absolute atomic E-state index is 0.297. The predicted molar refractivity (Wildman–Crippen MR) is 105 cm³/mol. The molecule has 0 aliphatic carbocycles. The zero-order chi connectivity index (χ0) is 18.1. The van der Waals surface area contributed by atoms with Gasteiger partial charge in [0.15, 0.2) is 6.29 Å². The van der Waals surface area contributed by atoms with E-state index in [1.54, 1.807) is 7.11 Å². The van der Waals surface area contributed by atoms with E-state index in [0.29, 0.717) is 11.3 Å². The summed E-state index contributed by atoms with van der Waals surface area (Å²) < 4.78 is 11.5. The maximum Gasteiger partial charge on any atom is 0.175 e. The Hall–Kier alpha value is -1.01. The number of fused-ring (bicyclic) bond motifs is 3. The SMILES string of the molecule is CC[C@]12OC(O)C=C1CC(Sc1ccc(OC)cc1)CN1CCCC[C@@H]12. The van der Waals surface area contributed by atoms with Crippen molar-refractivity contribution in [2.24, 2.45) is 0 Å². The number of thioether (sulfide) groups is 1. The van der Waals surface area contributed by atoms with E-state index in [4.69, 9.17) is 9.47 Å². The van der Waals surface area contributed by atoms with E-state index in [9.17, 15) is 5.11 Å². The summed E-state index contributed by atoms with van der Waals surface area (Å²) in [5, 5.41) is 10.7. The second-order valence-corrected chi connectivity index (χ2v) is 8.94. The Morgan fingerprint density at radius 1 is 1.31 bits per heavy atom. The number of ether oxygens (including phenoxy) is 2. The Bertz CT molecular complexity index is 662. The molecule has 26 heavy (non-hydrogen) atoms. The van der Waals surface area contributed by atoms with Crippen LogP contribution in [0.4, 0.5) is 0 Å². The summed E-state index contributed by atoms with van der Waals surface area (Å²) in [4.78, 5) is 3.90. The first kappa shape index (κ1) is 18.4. The highest BCUT2D eigenvalue weighted by molar-refractivity contribution is 8.00. The first-order chi connectivity index (χ1) is 12.6. The molecule has 0 radical (unpaired) electrons. The number of piperidine rings is 1. The van der Waals surface area contributed by atoms with Crippen molar-refractivity contribution in [2.45, 2.75) is 67.1 Å². The van der Waals surface area contributed by atoms with Crippen LogP contribution in [-0.2, 0) is 4.74 Å².